The lowest BCUT2D eigenvalue weighted by Gasteiger charge is -2.25. The molecule has 2 aromatic heterocycles. The first-order valence-electron chi connectivity index (χ1n) is 12.6. The van der Waals surface area contributed by atoms with Crippen LogP contribution < -0.4 is 0 Å². The van der Waals surface area contributed by atoms with Gasteiger partial charge < -0.3 is 9.47 Å². The van der Waals surface area contributed by atoms with Gasteiger partial charge in [-0.25, -0.2) is 4.85 Å². The van der Waals surface area contributed by atoms with Gasteiger partial charge in [0.25, 0.3) is 0 Å². The number of benzene rings is 1. The van der Waals surface area contributed by atoms with Gasteiger partial charge in [-0.1, -0.05) is 18.6 Å². The normalized spacial score (nSPS) is 16.5. The van der Waals surface area contributed by atoms with Crippen molar-refractivity contribution in [2.45, 2.75) is 45.4 Å². The van der Waals surface area contributed by atoms with Crippen molar-refractivity contribution in [2.24, 2.45) is 0 Å². The number of fused-ring (bicyclic) bond motifs is 1. The first-order chi connectivity index (χ1) is 17.0. The molecule has 35 heavy (non-hydrogen) atoms. The molecule has 2 aliphatic heterocycles. The van der Waals surface area contributed by atoms with Crippen LogP contribution in [-0.2, 0) is 11.2 Å². The summed E-state index contributed by atoms with van der Waals surface area (Å²) in [4.78, 5) is 38.7. The summed E-state index contributed by atoms with van der Waals surface area (Å²) in [6.07, 6.45) is 7.68. The van der Waals surface area contributed by atoms with Gasteiger partial charge in [-0.3, -0.25) is 19.5 Å². The van der Waals surface area contributed by atoms with E-state index in [1.165, 1.54) is 6.42 Å². The Balaban J connectivity index is 1.55. The van der Waals surface area contributed by atoms with Crippen LogP contribution in [0, 0.1) is 13.5 Å². The maximum absolute atomic E-state index is 13.5. The molecule has 7 heteroatoms. The molecule has 2 fully saturated rings. The molecule has 0 aliphatic carbocycles. The highest BCUT2D eigenvalue weighted by Gasteiger charge is 2.25. The molecule has 4 heterocycles. The fourth-order valence-corrected chi connectivity index (χ4v) is 5.41. The zero-order valence-electron chi connectivity index (χ0n) is 20.3. The van der Waals surface area contributed by atoms with Crippen LogP contribution >= 0.6 is 0 Å². The molecule has 2 aliphatic rings. The fourth-order valence-electron chi connectivity index (χ4n) is 5.41. The number of carbonyl (C=O) groups is 2. The predicted octanol–water partition coefficient (Wildman–Crippen LogP) is 4.72. The molecule has 0 bridgehead atoms. The standard InChI is InChI=1S/C28H31N5O2/c1-20-27(25(34)19-31-12-4-3-5-13-31)28-24(33(20)23-10-8-22(29-2)9-11-23)16-21(18-30-28)17-26(35)32-14-6-7-15-32/h8-11,16,18H,3-7,12-15,17,19H2,1H3. The predicted molar refractivity (Wildman–Crippen MR) is 136 cm³/mol. The molecule has 1 amide bonds. The lowest BCUT2D eigenvalue weighted by atomic mass is 10.1. The minimum Gasteiger partial charge on any atom is -0.342 e. The van der Waals surface area contributed by atoms with Crippen molar-refractivity contribution in [3.63, 3.8) is 0 Å². The van der Waals surface area contributed by atoms with Crippen molar-refractivity contribution in [3.8, 4) is 5.69 Å². The first kappa shape index (κ1) is 23.3. The van der Waals surface area contributed by atoms with Crippen LogP contribution in [0.15, 0.2) is 36.5 Å². The minimum absolute atomic E-state index is 0.0827. The number of Topliss-reactive ketones (excluding diaryl/α,β-unsaturated/α-hetero) is 1. The number of aromatic nitrogens is 2. The Morgan fingerprint density at radius 2 is 1.69 bits per heavy atom. The molecule has 7 nitrogen and oxygen atoms in total. The molecule has 1 aromatic carbocycles. The van der Waals surface area contributed by atoms with Crippen molar-refractivity contribution in [3.05, 3.63) is 64.8 Å². The van der Waals surface area contributed by atoms with Gasteiger partial charge in [0.2, 0.25) is 5.91 Å². The van der Waals surface area contributed by atoms with Crippen molar-refractivity contribution in [2.75, 3.05) is 32.7 Å². The van der Waals surface area contributed by atoms with E-state index >= 15 is 0 Å². The summed E-state index contributed by atoms with van der Waals surface area (Å²) in [5.74, 6) is 0.209. The molecule has 2 saturated heterocycles. The van der Waals surface area contributed by atoms with Crippen molar-refractivity contribution < 1.29 is 9.59 Å². The number of piperidine rings is 1. The number of carbonyl (C=O) groups excluding carboxylic acids is 2. The number of ketones is 1. The first-order valence-corrected chi connectivity index (χ1v) is 12.6. The van der Waals surface area contributed by atoms with Gasteiger partial charge in [0.05, 0.1) is 36.1 Å². The van der Waals surface area contributed by atoms with E-state index in [-0.39, 0.29) is 11.7 Å². The topological polar surface area (TPSA) is 62.8 Å². The summed E-state index contributed by atoms with van der Waals surface area (Å²) >= 11 is 0. The average molecular weight is 470 g/mol. The molecular formula is C28H31N5O2. The highest BCUT2D eigenvalue weighted by molar-refractivity contribution is 6.09. The molecule has 5 rings (SSSR count). The summed E-state index contributed by atoms with van der Waals surface area (Å²) in [6, 6.07) is 9.39. The van der Waals surface area contributed by atoms with Gasteiger partial charge in [0.15, 0.2) is 11.5 Å². The van der Waals surface area contributed by atoms with E-state index in [1.54, 1.807) is 18.3 Å². The SMILES string of the molecule is [C-]#[N+]c1ccc(-n2c(C)c(C(=O)CN3CCCCC3)c3ncc(CC(=O)N4CCCC4)cc32)cc1. The van der Waals surface area contributed by atoms with Gasteiger partial charge in [-0.15, -0.1) is 0 Å². The van der Waals surface area contributed by atoms with E-state index in [0.717, 1.165) is 74.3 Å². The number of rotatable bonds is 6. The lowest BCUT2D eigenvalue weighted by molar-refractivity contribution is -0.129. The van der Waals surface area contributed by atoms with Crippen LogP contribution in [0.3, 0.4) is 0 Å². The van der Waals surface area contributed by atoms with Gasteiger partial charge in [-0.05, 0) is 69.5 Å². The van der Waals surface area contributed by atoms with E-state index in [4.69, 9.17) is 11.6 Å². The van der Waals surface area contributed by atoms with Crippen LogP contribution in [0.5, 0.6) is 0 Å². The third-order valence-corrected chi connectivity index (χ3v) is 7.24. The van der Waals surface area contributed by atoms with Crippen LogP contribution in [0.4, 0.5) is 5.69 Å². The molecule has 0 unspecified atom stereocenters. The maximum Gasteiger partial charge on any atom is 0.227 e. The van der Waals surface area contributed by atoms with Gasteiger partial charge in [0.1, 0.15) is 0 Å². The average Bonchev–Trinajstić information content (AvgIpc) is 3.51. The highest BCUT2D eigenvalue weighted by atomic mass is 16.2. The number of nitrogens with zero attached hydrogens (tertiary/aromatic N) is 5. The Bertz CT molecular complexity index is 1290. The van der Waals surface area contributed by atoms with Crippen molar-refractivity contribution >= 4 is 28.4 Å². The van der Waals surface area contributed by atoms with E-state index < -0.39 is 0 Å². The summed E-state index contributed by atoms with van der Waals surface area (Å²) in [5.41, 5.74) is 5.29. The van der Waals surface area contributed by atoms with E-state index in [0.29, 0.717) is 29.7 Å². The van der Waals surface area contributed by atoms with E-state index in [1.807, 2.05) is 34.6 Å². The number of pyridine rings is 1. The molecule has 0 spiro atoms. The van der Waals surface area contributed by atoms with Crippen molar-refractivity contribution in [1.29, 1.82) is 0 Å². The zero-order valence-corrected chi connectivity index (χ0v) is 20.3. The van der Waals surface area contributed by atoms with Gasteiger partial charge >= 0.3 is 0 Å². The minimum atomic E-state index is 0.0827. The van der Waals surface area contributed by atoms with Crippen LogP contribution in [0.25, 0.3) is 21.6 Å². The maximum atomic E-state index is 13.5. The number of hydrogen-bond donors (Lipinski definition) is 0. The molecule has 0 radical (unpaired) electrons. The monoisotopic (exact) mass is 469 g/mol. The molecular weight excluding hydrogens is 438 g/mol. The van der Waals surface area contributed by atoms with Crippen LogP contribution in [0.1, 0.15) is 53.7 Å². The fraction of sp³-hybridized carbons (Fsp3) is 0.429. The Kier molecular flexibility index (Phi) is 6.65. The molecule has 0 N–H and O–H groups in total. The third kappa shape index (κ3) is 4.71. The number of hydrogen-bond acceptors (Lipinski definition) is 4. The molecule has 3 aromatic rings. The second kappa shape index (κ2) is 10.0. The smallest absolute Gasteiger partial charge is 0.227 e. The quantitative estimate of drug-likeness (QED) is 0.387. The third-order valence-electron chi connectivity index (χ3n) is 7.24. The Morgan fingerprint density at radius 1 is 1.00 bits per heavy atom. The second-order valence-electron chi connectivity index (χ2n) is 9.66. The largest absolute Gasteiger partial charge is 0.342 e. The summed E-state index contributed by atoms with van der Waals surface area (Å²) in [6.45, 7) is 13.2. The van der Waals surface area contributed by atoms with Crippen LogP contribution in [0.2, 0.25) is 0 Å². The molecule has 180 valence electrons. The molecule has 0 atom stereocenters. The van der Waals surface area contributed by atoms with Crippen LogP contribution in [-0.4, -0.2) is 63.8 Å². The lowest BCUT2D eigenvalue weighted by Crippen LogP contribution is -2.34. The highest BCUT2D eigenvalue weighted by Crippen LogP contribution is 2.30. The van der Waals surface area contributed by atoms with E-state index in [9.17, 15) is 9.59 Å². The summed E-state index contributed by atoms with van der Waals surface area (Å²) in [5, 5.41) is 0. The Labute approximate surface area is 206 Å². The van der Waals surface area contributed by atoms with Gasteiger partial charge in [0, 0.05) is 30.7 Å². The second-order valence-corrected chi connectivity index (χ2v) is 9.66. The van der Waals surface area contributed by atoms with E-state index in [2.05, 4.69) is 9.74 Å². The summed E-state index contributed by atoms with van der Waals surface area (Å²) < 4.78 is 2.04. The summed E-state index contributed by atoms with van der Waals surface area (Å²) in [7, 11) is 0. The number of likely N-dealkylation sites (tertiary alicyclic amines) is 2. The van der Waals surface area contributed by atoms with Gasteiger partial charge in [-0.2, -0.15) is 0 Å². The Morgan fingerprint density at radius 3 is 2.37 bits per heavy atom. The van der Waals surface area contributed by atoms with Crippen molar-refractivity contribution in [1.82, 2.24) is 19.4 Å². The Hall–Kier alpha value is -3.50. The zero-order chi connectivity index (χ0) is 24.4. The molecule has 0 saturated carbocycles. The number of amides is 1.